The zero-order valence-electron chi connectivity index (χ0n) is 25.4. The van der Waals surface area contributed by atoms with Crippen LogP contribution < -0.4 is 20.7 Å². The standard InChI is InChI=1S/C25H38N4O5.C7H7Cl/c1-6-17(2)21-24(32)29(5)22(25(3,4)33)23(31)28-16-20(30)26-13-9-11-18-10-7-8-12-19(18)34-15-14-27-21;1-6-2-4-7(8)5-3-6/h7-12,17,21-22,27,33H,6,13-16H2,1-5H3,(H,26,30)(H,28,31);2-5H,1H3/b11-9+;. The van der Waals surface area contributed by atoms with Crippen molar-refractivity contribution in [2.75, 3.05) is 33.3 Å². The molecule has 1 aliphatic rings. The minimum Gasteiger partial charge on any atom is -0.492 e. The molecule has 9 nitrogen and oxygen atoms in total. The highest BCUT2D eigenvalue weighted by molar-refractivity contribution is 6.30. The third-order valence-electron chi connectivity index (χ3n) is 6.92. The van der Waals surface area contributed by atoms with E-state index in [-0.39, 0.29) is 30.8 Å². The number of rotatable bonds is 3. The summed E-state index contributed by atoms with van der Waals surface area (Å²) in [4.78, 5) is 39.9. The lowest BCUT2D eigenvalue weighted by Gasteiger charge is -2.38. The van der Waals surface area contributed by atoms with E-state index in [0.29, 0.717) is 18.9 Å². The Morgan fingerprint density at radius 2 is 1.76 bits per heavy atom. The number of nitrogens with one attached hydrogen (secondary N) is 3. The zero-order chi connectivity index (χ0) is 31.3. The number of aliphatic hydroxyl groups is 1. The summed E-state index contributed by atoms with van der Waals surface area (Å²) in [5.74, 6) is -0.620. The van der Waals surface area contributed by atoms with Gasteiger partial charge in [-0.15, -0.1) is 0 Å². The van der Waals surface area contributed by atoms with Gasteiger partial charge in [-0.2, -0.15) is 0 Å². The van der Waals surface area contributed by atoms with Crippen LogP contribution in [0.4, 0.5) is 0 Å². The molecule has 3 amide bonds. The number of halogens is 1. The van der Waals surface area contributed by atoms with Crippen molar-refractivity contribution >= 4 is 35.4 Å². The number of para-hydroxylation sites is 1. The van der Waals surface area contributed by atoms with Crippen molar-refractivity contribution in [2.45, 2.75) is 58.7 Å². The molecular weight excluding hydrogens is 556 g/mol. The maximum atomic E-state index is 13.4. The molecule has 1 aliphatic heterocycles. The highest BCUT2D eigenvalue weighted by Crippen LogP contribution is 2.21. The number of fused-ring (bicyclic) bond motifs is 1. The SMILES string of the molecule is CCC(C)C1NCCOc2ccccc2/C=C/CNC(=O)CNC(=O)C(C(C)(C)O)N(C)C1=O.Cc1ccc(Cl)cc1. The second kappa shape index (κ2) is 16.9. The molecule has 2 aromatic rings. The van der Waals surface area contributed by atoms with Crippen LogP contribution in [0.1, 0.15) is 45.2 Å². The van der Waals surface area contributed by atoms with Crippen LogP contribution in [-0.4, -0.2) is 78.7 Å². The number of hydrogen-bond acceptors (Lipinski definition) is 6. The van der Waals surface area contributed by atoms with Crippen LogP contribution >= 0.6 is 11.6 Å². The Hall–Kier alpha value is -3.40. The van der Waals surface area contributed by atoms with E-state index in [0.717, 1.165) is 17.0 Å². The van der Waals surface area contributed by atoms with Gasteiger partial charge in [0.1, 0.15) is 18.4 Å². The van der Waals surface area contributed by atoms with Gasteiger partial charge in [-0.3, -0.25) is 14.4 Å². The van der Waals surface area contributed by atoms with Crippen molar-refractivity contribution < 1.29 is 24.2 Å². The molecule has 42 heavy (non-hydrogen) atoms. The van der Waals surface area contributed by atoms with Gasteiger partial charge in [0.05, 0.1) is 18.2 Å². The van der Waals surface area contributed by atoms with Gasteiger partial charge in [0.25, 0.3) is 0 Å². The van der Waals surface area contributed by atoms with E-state index in [4.69, 9.17) is 16.3 Å². The van der Waals surface area contributed by atoms with E-state index < -0.39 is 23.6 Å². The van der Waals surface area contributed by atoms with Crippen molar-refractivity contribution in [3.63, 3.8) is 0 Å². The normalized spacial score (nSPS) is 20.8. The van der Waals surface area contributed by atoms with E-state index in [1.165, 1.54) is 31.4 Å². The number of hydrogen-bond donors (Lipinski definition) is 4. The molecule has 2 aromatic carbocycles. The predicted molar refractivity (Wildman–Crippen MR) is 167 cm³/mol. The molecule has 0 saturated heterocycles. The van der Waals surface area contributed by atoms with Gasteiger partial charge in [-0.05, 0) is 44.9 Å². The molecule has 10 heteroatoms. The molecule has 0 saturated carbocycles. The molecule has 230 valence electrons. The third kappa shape index (κ3) is 11.1. The summed E-state index contributed by atoms with van der Waals surface area (Å²) in [6.45, 7) is 9.67. The molecule has 0 radical (unpaired) electrons. The average molecular weight is 601 g/mol. The van der Waals surface area contributed by atoms with Crippen LogP contribution in [-0.2, 0) is 14.4 Å². The summed E-state index contributed by atoms with van der Waals surface area (Å²) in [6, 6.07) is 13.6. The molecule has 0 fully saturated rings. The summed E-state index contributed by atoms with van der Waals surface area (Å²) < 4.78 is 5.94. The minimum atomic E-state index is -1.53. The first-order chi connectivity index (χ1) is 19.8. The van der Waals surface area contributed by atoms with Crippen LogP contribution in [0.3, 0.4) is 0 Å². The number of amides is 3. The molecule has 0 bridgehead atoms. The Balaban J connectivity index is 0.000000661. The summed E-state index contributed by atoms with van der Waals surface area (Å²) in [5.41, 5.74) is 0.587. The highest BCUT2D eigenvalue weighted by atomic mass is 35.5. The fourth-order valence-electron chi connectivity index (χ4n) is 4.43. The number of nitrogens with zero attached hydrogens (tertiary/aromatic N) is 1. The lowest BCUT2D eigenvalue weighted by atomic mass is 9.93. The Morgan fingerprint density at radius 1 is 1.10 bits per heavy atom. The van der Waals surface area contributed by atoms with E-state index in [2.05, 4.69) is 16.0 Å². The number of carbonyl (C=O) groups excluding carboxylic acids is 3. The highest BCUT2D eigenvalue weighted by Gasteiger charge is 2.41. The molecule has 0 aliphatic carbocycles. The van der Waals surface area contributed by atoms with Gasteiger partial charge < -0.3 is 30.7 Å². The van der Waals surface area contributed by atoms with Crippen LogP contribution in [0, 0.1) is 12.8 Å². The molecule has 0 aromatic heterocycles. The van der Waals surface area contributed by atoms with Crippen molar-refractivity contribution in [1.82, 2.24) is 20.9 Å². The van der Waals surface area contributed by atoms with E-state index in [1.54, 1.807) is 6.08 Å². The first kappa shape index (κ1) is 34.8. The van der Waals surface area contributed by atoms with Crippen molar-refractivity contribution in [1.29, 1.82) is 0 Å². The first-order valence-corrected chi connectivity index (χ1v) is 14.6. The molecular formula is C32H45ClN4O5. The maximum absolute atomic E-state index is 13.4. The monoisotopic (exact) mass is 600 g/mol. The topological polar surface area (TPSA) is 120 Å². The largest absolute Gasteiger partial charge is 0.492 e. The minimum absolute atomic E-state index is 0.0212. The van der Waals surface area contributed by atoms with Gasteiger partial charge in [-0.25, -0.2) is 0 Å². The summed E-state index contributed by atoms with van der Waals surface area (Å²) in [7, 11) is 1.50. The van der Waals surface area contributed by atoms with E-state index in [9.17, 15) is 19.5 Å². The zero-order valence-corrected chi connectivity index (χ0v) is 26.2. The van der Waals surface area contributed by atoms with Crippen LogP contribution in [0.25, 0.3) is 6.08 Å². The predicted octanol–water partition coefficient (Wildman–Crippen LogP) is 3.58. The summed E-state index contributed by atoms with van der Waals surface area (Å²) in [6.07, 6.45) is 4.40. The molecule has 3 atom stereocenters. The quantitative estimate of drug-likeness (QED) is 0.428. The maximum Gasteiger partial charge on any atom is 0.246 e. The molecule has 4 N–H and O–H groups in total. The molecule has 0 spiro atoms. The van der Waals surface area contributed by atoms with Gasteiger partial charge in [-0.1, -0.05) is 79.9 Å². The molecule has 1 heterocycles. The van der Waals surface area contributed by atoms with Gasteiger partial charge >= 0.3 is 0 Å². The summed E-state index contributed by atoms with van der Waals surface area (Å²) >= 11 is 5.61. The Morgan fingerprint density at radius 3 is 2.38 bits per heavy atom. The number of benzene rings is 2. The lowest BCUT2D eigenvalue weighted by molar-refractivity contribution is -0.150. The smallest absolute Gasteiger partial charge is 0.246 e. The number of likely N-dealkylation sites (N-methyl/N-ethyl adjacent to an activating group) is 1. The average Bonchev–Trinajstić information content (AvgIpc) is 2.95. The number of carbonyl (C=O) groups is 3. The fourth-order valence-corrected chi connectivity index (χ4v) is 4.55. The number of ether oxygens (including phenoxy) is 1. The van der Waals surface area contributed by atoms with Gasteiger partial charge in [0, 0.05) is 30.7 Å². The number of aryl methyl sites for hydroxylation is 1. The second-order valence-electron chi connectivity index (χ2n) is 10.9. The van der Waals surface area contributed by atoms with Crippen molar-refractivity contribution in [3.8, 4) is 5.75 Å². The van der Waals surface area contributed by atoms with Crippen LogP contribution in [0.15, 0.2) is 54.6 Å². The first-order valence-electron chi connectivity index (χ1n) is 14.2. The van der Waals surface area contributed by atoms with Crippen LogP contribution in [0.5, 0.6) is 5.75 Å². The van der Waals surface area contributed by atoms with Gasteiger partial charge in [0.15, 0.2) is 0 Å². The fraction of sp³-hybridized carbons (Fsp3) is 0.469. The second-order valence-corrected chi connectivity index (χ2v) is 11.4. The Bertz CT molecular complexity index is 1180. The Labute approximate surface area is 254 Å². The van der Waals surface area contributed by atoms with Crippen LogP contribution in [0.2, 0.25) is 5.02 Å². The van der Waals surface area contributed by atoms with E-state index >= 15 is 0 Å². The lowest BCUT2D eigenvalue weighted by Crippen LogP contribution is -2.62. The van der Waals surface area contributed by atoms with Crippen molar-refractivity contribution in [3.05, 3.63) is 70.8 Å². The van der Waals surface area contributed by atoms with Gasteiger partial charge in [0.2, 0.25) is 17.7 Å². The third-order valence-corrected chi connectivity index (χ3v) is 7.17. The van der Waals surface area contributed by atoms with E-state index in [1.807, 2.05) is 75.4 Å². The Kier molecular flexibility index (Phi) is 14.0. The molecule has 3 unspecified atom stereocenters. The summed E-state index contributed by atoms with van der Waals surface area (Å²) in [5, 5.41) is 20.0. The molecule has 3 rings (SSSR count). The van der Waals surface area contributed by atoms with Crippen molar-refractivity contribution in [2.24, 2.45) is 5.92 Å².